The largest absolute Gasteiger partial charge is 0.342 e. The topological polar surface area (TPSA) is 73.2 Å². The number of nitrogens with one attached hydrogen (secondary N) is 1. The fourth-order valence-corrected chi connectivity index (χ4v) is 2.73. The summed E-state index contributed by atoms with van der Waals surface area (Å²) in [6.45, 7) is 5.62. The lowest BCUT2D eigenvalue weighted by Gasteiger charge is -2.21. The maximum atomic E-state index is 12.4. The van der Waals surface area contributed by atoms with E-state index in [4.69, 9.17) is 5.26 Å². The molecule has 0 radical (unpaired) electrons. The first-order valence-electron chi connectivity index (χ1n) is 8.20. The molecule has 0 spiro atoms. The molecule has 0 bridgehead atoms. The molecule has 5 nitrogen and oxygen atoms in total. The predicted molar refractivity (Wildman–Crippen MR) is 88.5 cm³/mol. The highest BCUT2D eigenvalue weighted by Crippen LogP contribution is 2.41. The first kappa shape index (κ1) is 17.0. The van der Waals surface area contributed by atoms with Crippen LogP contribution in [0, 0.1) is 23.2 Å². The summed E-state index contributed by atoms with van der Waals surface area (Å²) in [6, 6.07) is 8.77. The first-order chi connectivity index (χ1) is 11.1. The summed E-state index contributed by atoms with van der Waals surface area (Å²) in [6.07, 6.45) is 2.49. The van der Waals surface area contributed by atoms with Crippen molar-refractivity contribution < 1.29 is 9.59 Å². The third-order valence-electron chi connectivity index (χ3n) is 4.02. The van der Waals surface area contributed by atoms with Gasteiger partial charge in [0.25, 0.3) is 0 Å². The molecule has 1 fully saturated rings. The Bertz CT molecular complexity index is 598. The highest BCUT2D eigenvalue weighted by atomic mass is 16.2. The van der Waals surface area contributed by atoms with Gasteiger partial charge in [0, 0.05) is 18.8 Å². The van der Waals surface area contributed by atoms with Crippen molar-refractivity contribution in [2.75, 3.05) is 18.4 Å². The number of benzene rings is 1. The molecule has 2 rings (SSSR count). The van der Waals surface area contributed by atoms with Crippen LogP contribution in [0.4, 0.5) is 5.69 Å². The minimum absolute atomic E-state index is 0.105. The Kier molecular flexibility index (Phi) is 5.75. The first-order valence-corrected chi connectivity index (χ1v) is 8.20. The van der Waals surface area contributed by atoms with Gasteiger partial charge in [0.1, 0.15) is 0 Å². The average Bonchev–Trinajstić information content (AvgIpc) is 3.35. The van der Waals surface area contributed by atoms with Gasteiger partial charge in [-0.15, -0.1) is 0 Å². The zero-order valence-electron chi connectivity index (χ0n) is 13.7. The highest BCUT2D eigenvalue weighted by molar-refractivity contribution is 5.99. The van der Waals surface area contributed by atoms with Crippen LogP contribution in [0.15, 0.2) is 24.3 Å². The Hall–Kier alpha value is -2.35. The number of carbonyl (C=O) groups excluding carboxylic acids is 2. The number of rotatable bonds is 7. The van der Waals surface area contributed by atoms with Gasteiger partial charge < -0.3 is 10.2 Å². The van der Waals surface area contributed by atoms with Crippen LogP contribution in [0.5, 0.6) is 0 Å². The van der Waals surface area contributed by atoms with E-state index >= 15 is 0 Å². The minimum Gasteiger partial charge on any atom is -0.342 e. The van der Waals surface area contributed by atoms with Gasteiger partial charge in [0.15, 0.2) is 0 Å². The Morgan fingerprint density at radius 1 is 1.17 bits per heavy atom. The number of carbonyl (C=O) groups is 2. The van der Waals surface area contributed by atoms with Gasteiger partial charge >= 0.3 is 0 Å². The lowest BCUT2D eigenvalue weighted by atomic mass is 10.2. The van der Waals surface area contributed by atoms with E-state index in [2.05, 4.69) is 19.2 Å². The number of hydrogen-bond acceptors (Lipinski definition) is 3. The fraction of sp³-hybridized carbons (Fsp3) is 0.500. The van der Waals surface area contributed by atoms with E-state index in [-0.39, 0.29) is 23.7 Å². The molecule has 2 amide bonds. The van der Waals surface area contributed by atoms with Gasteiger partial charge in [-0.05, 0) is 43.5 Å². The van der Waals surface area contributed by atoms with Crippen LogP contribution >= 0.6 is 0 Å². The minimum atomic E-state index is -0.227. The summed E-state index contributed by atoms with van der Waals surface area (Å²) in [7, 11) is 0. The van der Waals surface area contributed by atoms with Gasteiger partial charge in [0.2, 0.25) is 11.8 Å². The van der Waals surface area contributed by atoms with Crippen molar-refractivity contribution in [3.8, 4) is 6.07 Å². The molecule has 2 unspecified atom stereocenters. The quantitative estimate of drug-likeness (QED) is 0.841. The number of nitriles is 1. The maximum absolute atomic E-state index is 12.4. The summed E-state index contributed by atoms with van der Waals surface area (Å²) < 4.78 is 0. The molecule has 5 heteroatoms. The molecule has 1 saturated carbocycles. The van der Waals surface area contributed by atoms with E-state index in [9.17, 15) is 9.59 Å². The molecule has 1 aliphatic rings. The SMILES string of the molecule is CCCN(CCC)C(=O)C1CC1C(=O)Nc1ccc(C#N)cc1. The van der Waals surface area contributed by atoms with Crippen LogP contribution in [0.25, 0.3) is 0 Å². The van der Waals surface area contributed by atoms with Crippen molar-refractivity contribution in [1.29, 1.82) is 5.26 Å². The van der Waals surface area contributed by atoms with Crippen LogP contribution in [0.3, 0.4) is 0 Å². The van der Waals surface area contributed by atoms with Gasteiger partial charge in [-0.3, -0.25) is 9.59 Å². The molecule has 1 aromatic rings. The second-order valence-corrected chi connectivity index (χ2v) is 5.95. The zero-order valence-corrected chi connectivity index (χ0v) is 13.7. The monoisotopic (exact) mass is 313 g/mol. The third kappa shape index (κ3) is 4.32. The van der Waals surface area contributed by atoms with E-state index in [1.165, 1.54) is 0 Å². The smallest absolute Gasteiger partial charge is 0.228 e. The number of nitrogens with zero attached hydrogens (tertiary/aromatic N) is 2. The van der Waals surface area contributed by atoms with Crippen LogP contribution < -0.4 is 5.32 Å². The second kappa shape index (κ2) is 7.77. The Labute approximate surface area is 137 Å². The molecule has 0 saturated heterocycles. The van der Waals surface area contributed by atoms with E-state index in [1.807, 2.05) is 11.0 Å². The molecule has 0 heterocycles. The van der Waals surface area contributed by atoms with Crippen molar-refractivity contribution in [2.45, 2.75) is 33.1 Å². The second-order valence-electron chi connectivity index (χ2n) is 5.95. The van der Waals surface area contributed by atoms with E-state index in [0.717, 1.165) is 25.9 Å². The van der Waals surface area contributed by atoms with Gasteiger partial charge in [-0.2, -0.15) is 5.26 Å². The van der Waals surface area contributed by atoms with E-state index in [0.29, 0.717) is 17.7 Å². The maximum Gasteiger partial charge on any atom is 0.228 e. The summed E-state index contributed by atoms with van der Waals surface area (Å²) >= 11 is 0. The molecule has 23 heavy (non-hydrogen) atoms. The summed E-state index contributed by atoms with van der Waals surface area (Å²) in [5.41, 5.74) is 1.21. The van der Waals surface area contributed by atoms with Gasteiger partial charge in [0.05, 0.1) is 23.5 Å². The molecule has 1 aromatic carbocycles. The lowest BCUT2D eigenvalue weighted by molar-refractivity contribution is -0.134. The van der Waals surface area contributed by atoms with Crippen molar-refractivity contribution in [1.82, 2.24) is 4.90 Å². The number of anilines is 1. The molecule has 0 aromatic heterocycles. The van der Waals surface area contributed by atoms with Crippen LogP contribution in [-0.4, -0.2) is 29.8 Å². The average molecular weight is 313 g/mol. The van der Waals surface area contributed by atoms with Crippen LogP contribution in [0.2, 0.25) is 0 Å². The summed E-state index contributed by atoms with van der Waals surface area (Å²) in [5.74, 6) is -0.407. The summed E-state index contributed by atoms with van der Waals surface area (Å²) in [5, 5.41) is 11.6. The molecule has 2 atom stereocenters. The van der Waals surface area contributed by atoms with Gasteiger partial charge in [-0.25, -0.2) is 0 Å². The van der Waals surface area contributed by atoms with Crippen molar-refractivity contribution in [3.63, 3.8) is 0 Å². The predicted octanol–water partition coefficient (Wildman–Crippen LogP) is 2.78. The van der Waals surface area contributed by atoms with Crippen molar-refractivity contribution >= 4 is 17.5 Å². The zero-order chi connectivity index (χ0) is 16.8. The molecule has 122 valence electrons. The number of amides is 2. The molecular weight excluding hydrogens is 290 g/mol. The standard InChI is InChI=1S/C18H23N3O2/c1-3-9-21(10-4-2)18(23)16-11-15(16)17(22)20-14-7-5-13(12-19)6-8-14/h5-8,15-16H,3-4,9-11H2,1-2H3,(H,20,22). The highest BCUT2D eigenvalue weighted by Gasteiger charge is 2.49. The molecule has 1 aliphatic carbocycles. The lowest BCUT2D eigenvalue weighted by Crippen LogP contribution is -2.34. The molecule has 1 N–H and O–H groups in total. The van der Waals surface area contributed by atoms with Crippen molar-refractivity contribution in [3.05, 3.63) is 29.8 Å². The molecule has 0 aliphatic heterocycles. The van der Waals surface area contributed by atoms with Gasteiger partial charge in [-0.1, -0.05) is 13.8 Å². The Morgan fingerprint density at radius 3 is 2.30 bits per heavy atom. The van der Waals surface area contributed by atoms with E-state index < -0.39 is 0 Å². The normalized spacial score (nSPS) is 18.8. The van der Waals surface area contributed by atoms with Crippen molar-refractivity contribution in [2.24, 2.45) is 11.8 Å². The van der Waals surface area contributed by atoms with Crippen LogP contribution in [-0.2, 0) is 9.59 Å². The fourth-order valence-electron chi connectivity index (χ4n) is 2.73. The number of hydrogen-bond donors (Lipinski definition) is 1. The Balaban J connectivity index is 1.90. The van der Waals surface area contributed by atoms with E-state index in [1.54, 1.807) is 24.3 Å². The summed E-state index contributed by atoms with van der Waals surface area (Å²) in [4.78, 5) is 26.6. The third-order valence-corrected chi connectivity index (χ3v) is 4.02. The van der Waals surface area contributed by atoms with Crippen LogP contribution in [0.1, 0.15) is 38.7 Å². The molecular formula is C18H23N3O2. The Morgan fingerprint density at radius 2 is 1.78 bits per heavy atom.